The predicted octanol–water partition coefficient (Wildman–Crippen LogP) is 3.15. The third-order valence-corrected chi connectivity index (χ3v) is 5.53. The Labute approximate surface area is 137 Å². The predicted molar refractivity (Wildman–Crippen MR) is 90.1 cm³/mol. The van der Waals surface area contributed by atoms with Crippen molar-refractivity contribution >= 4 is 30.1 Å². The first kappa shape index (κ1) is 16.7. The summed E-state index contributed by atoms with van der Waals surface area (Å²) in [5.74, 6) is 1.29. The van der Waals surface area contributed by atoms with Crippen LogP contribution in [0.25, 0.3) is 0 Å². The standard InChI is InChI=1S/C16H22N2OS.ClH/c1-16(8-4-9-17-11-16)15(19)18-13-7-10-20-14-6-3-2-5-12(13)14;/h2-3,5-6,13,17H,4,7-11H2,1H3,(H,18,19);1H. The molecule has 0 aromatic heterocycles. The maximum atomic E-state index is 12.6. The van der Waals surface area contributed by atoms with Crippen LogP contribution in [0.3, 0.4) is 0 Å². The van der Waals surface area contributed by atoms with Crippen molar-refractivity contribution in [3.05, 3.63) is 29.8 Å². The highest BCUT2D eigenvalue weighted by Crippen LogP contribution is 2.36. The van der Waals surface area contributed by atoms with Crippen molar-refractivity contribution in [1.82, 2.24) is 10.6 Å². The number of carbonyl (C=O) groups excluding carboxylic acids is 1. The van der Waals surface area contributed by atoms with Gasteiger partial charge < -0.3 is 10.6 Å². The summed E-state index contributed by atoms with van der Waals surface area (Å²) in [6.07, 6.45) is 3.09. The molecule has 2 unspecified atom stereocenters. The lowest BCUT2D eigenvalue weighted by molar-refractivity contribution is -0.132. The number of carbonyl (C=O) groups is 1. The lowest BCUT2D eigenvalue weighted by Crippen LogP contribution is -2.49. The zero-order chi connectivity index (χ0) is 14.0. The van der Waals surface area contributed by atoms with Gasteiger partial charge in [-0.1, -0.05) is 18.2 Å². The molecule has 1 saturated heterocycles. The zero-order valence-electron chi connectivity index (χ0n) is 12.4. The highest BCUT2D eigenvalue weighted by molar-refractivity contribution is 7.99. The SMILES string of the molecule is CC1(C(=O)NC2CCSc3ccccc32)CCCNC1.Cl. The molecule has 2 aliphatic heterocycles. The van der Waals surface area contributed by atoms with Gasteiger partial charge >= 0.3 is 0 Å². The van der Waals surface area contributed by atoms with Crippen molar-refractivity contribution in [3.63, 3.8) is 0 Å². The summed E-state index contributed by atoms with van der Waals surface area (Å²) in [6, 6.07) is 8.62. The maximum Gasteiger partial charge on any atom is 0.227 e. The number of nitrogens with one attached hydrogen (secondary N) is 2. The molecule has 1 fully saturated rings. The van der Waals surface area contributed by atoms with Crippen LogP contribution in [0.1, 0.15) is 37.8 Å². The molecule has 2 aliphatic rings. The minimum atomic E-state index is -0.252. The third-order valence-electron chi connectivity index (χ3n) is 4.41. The molecule has 21 heavy (non-hydrogen) atoms. The largest absolute Gasteiger partial charge is 0.349 e. The number of thioether (sulfide) groups is 1. The van der Waals surface area contributed by atoms with Gasteiger partial charge in [-0.2, -0.15) is 0 Å². The van der Waals surface area contributed by atoms with Gasteiger partial charge in [0, 0.05) is 17.2 Å². The fourth-order valence-corrected chi connectivity index (χ4v) is 4.20. The van der Waals surface area contributed by atoms with Gasteiger partial charge in [-0.15, -0.1) is 24.2 Å². The fraction of sp³-hybridized carbons (Fsp3) is 0.562. The van der Waals surface area contributed by atoms with Crippen LogP contribution in [-0.2, 0) is 4.79 Å². The smallest absolute Gasteiger partial charge is 0.227 e. The third kappa shape index (κ3) is 3.55. The number of rotatable bonds is 2. The van der Waals surface area contributed by atoms with E-state index in [1.165, 1.54) is 10.5 Å². The second-order valence-electron chi connectivity index (χ2n) is 6.04. The molecular weight excluding hydrogens is 304 g/mol. The summed E-state index contributed by atoms with van der Waals surface area (Å²) in [4.78, 5) is 14.0. The van der Waals surface area contributed by atoms with Crippen LogP contribution in [-0.4, -0.2) is 24.7 Å². The summed E-state index contributed by atoms with van der Waals surface area (Å²) in [5, 5.41) is 6.64. The first-order valence-corrected chi connectivity index (χ1v) is 8.41. The molecule has 0 spiro atoms. The minimum Gasteiger partial charge on any atom is -0.349 e. The van der Waals surface area contributed by atoms with Gasteiger partial charge in [-0.05, 0) is 44.4 Å². The minimum absolute atomic E-state index is 0. The van der Waals surface area contributed by atoms with E-state index in [9.17, 15) is 4.79 Å². The second-order valence-corrected chi connectivity index (χ2v) is 7.18. The van der Waals surface area contributed by atoms with E-state index in [2.05, 4.69) is 41.8 Å². The summed E-state index contributed by atoms with van der Waals surface area (Å²) in [6.45, 7) is 3.91. The van der Waals surface area contributed by atoms with E-state index in [0.29, 0.717) is 0 Å². The molecule has 0 radical (unpaired) electrons. The number of piperidine rings is 1. The van der Waals surface area contributed by atoms with Crippen molar-refractivity contribution in [2.75, 3.05) is 18.8 Å². The van der Waals surface area contributed by atoms with E-state index in [1.807, 2.05) is 11.8 Å². The molecule has 2 atom stereocenters. The van der Waals surface area contributed by atoms with Gasteiger partial charge in [0.1, 0.15) is 0 Å². The monoisotopic (exact) mass is 326 g/mol. The Morgan fingerprint density at radius 2 is 2.24 bits per heavy atom. The molecule has 2 N–H and O–H groups in total. The van der Waals surface area contributed by atoms with E-state index in [0.717, 1.165) is 38.1 Å². The lowest BCUT2D eigenvalue weighted by atomic mass is 9.81. The first-order valence-electron chi connectivity index (χ1n) is 7.42. The van der Waals surface area contributed by atoms with Gasteiger partial charge in [-0.3, -0.25) is 4.79 Å². The van der Waals surface area contributed by atoms with Crippen molar-refractivity contribution in [2.24, 2.45) is 5.41 Å². The maximum absolute atomic E-state index is 12.6. The van der Waals surface area contributed by atoms with Gasteiger partial charge in [0.2, 0.25) is 5.91 Å². The molecule has 3 rings (SSSR count). The number of halogens is 1. The van der Waals surface area contributed by atoms with Crippen LogP contribution in [0.15, 0.2) is 29.2 Å². The topological polar surface area (TPSA) is 41.1 Å². The van der Waals surface area contributed by atoms with E-state index in [1.54, 1.807) is 0 Å². The van der Waals surface area contributed by atoms with E-state index in [-0.39, 0.29) is 29.8 Å². The summed E-state index contributed by atoms with van der Waals surface area (Å²) < 4.78 is 0. The first-order chi connectivity index (χ1) is 9.69. The Kier molecular flexibility index (Phi) is 5.58. The van der Waals surface area contributed by atoms with Gasteiger partial charge in [-0.25, -0.2) is 0 Å². The molecule has 116 valence electrons. The van der Waals surface area contributed by atoms with Crippen molar-refractivity contribution in [2.45, 2.75) is 37.1 Å². The number of fused-ring (bicyclic) bond motifs is 1. The number of hydrogen-bond donors (Lipinski definition) is 2. The number of benzene rings is 1. The number of hydrogen-bond acceptors (Lipinski definition) is 3. The molecule has 0 bridgehead atoms. The van der Waals surface area contributed by atoms with Gasteiger partial charge in [0.15, 0.2) is 0 Å². The fourth-order valence-electron chi connectivity index (χ4n) is 3.07. The van der Waals surface area contributed by atoms with Crippen molar-refractivity contribution in [3.8, 4) is 0 Å². The van der Waals surface area contributed by atoms with Crippen LogP contribution < -0.4 is 10.6 Å². The molecule has 3 nitrogen and oxygen atoms in total. The molecule has 1 amide bonds. The van der Waals surface area contributed by atoms with E-state index >= 15 is 0 Å². The normalized spacial score (nSPS) is 28.1. The second kappa shape index (κ2) is 7.03. The molecule has 2 heterocycles. The summed E-state index contributed by atoms with van der Waals surface area (Å²) in [5.41, 5.74) is 1.03. The van der Waals surface area contributed by atoms with Crippen LogP contribution in [0.4, 0.5) is 0 Å². The number of amides is 1. The molecule has 1 aromatic rings. The van der Waals surface area contributed by atoms with E-state index < -0.39 is 0 Å². The summed E-state index contributed by atoms with van der Waals surface area (Å²) >= 11 is 1.89. The highest BCUT2D eigenvalue weighted by Gasteiger charge is 2.36. The molecule has 1 aromatic carbocycles. The molecule has 5 heteroatoms. The zero-order valence-corrected chi connectivity index (χ0v) is 14.0. The average molecular weight is 327 g/mol. The average Bonchev–Trinajstić information content (AvgIpc) is 2.48. The molecule has 0 aliphatic carbocycles. The quantitative estimate of drug-likeness (QED) is 0.877. The Hall–Kier alpha value is -0.710. The Morgan fingerprint density at radius 3 is 3.00 bits per heavy atom. The van der Waals surface area contributed by atoms with Gasteiger partial charge in [0.05, 0.1) is 11.5 Å². The lowest BCUT2D eigenvalue weighted by Gasteiger charge is -2.35. The molecule has 0 saturated carbocycles. The Bertz CT molecular complexity index is 503. The van der Waals surface area contributed by atoms with Crippen LogP contribution in [0.2, 0.25) is 0 Å². The Balaban J connectivity index is 0.00000161. The van der Waals surface area contributed by atoms with E-state index in [4.69, 9.17) is 0 Å². The Morgan fingerprint density at radius 1 is 1.43 bits per heavy atom. The summed E-state index contributed by atoms with van der Waals surface area (Å²) in [7, 11) is 0. The molecular formula is C16H23ClN2OS. The van der Waals surface area contributed by atoms with Crippen LogP contribution in [0.5, 0.6) is 0 Å². The highest BCUT2D eigenvalue weighted by atomic mass is 35.5. The van der Waals surface area contributed by atoms with Gasteiger partial charge in [0.25, 0.3) is 0 Å². The van der Waals surface area contributed by atoms with Crippen molar-refractivity contribution in [1.29, 1.82) is 0 Å². The van der Waals surface area contributed by atoms with Crippen LogP contribution >= 0.6 is 24.2 Å². The van der Waals surface area contributed by atoms with Crippen molar-refractivity contribution < 1.29 is 4.79 Å². The van der Waals surface area contributed by atoms with Crippen LogP contribution in [0, 0.1) is 5.41 Å².